The SMILES string of the molecule is Cc1cccc(Cn2c(C(=O)NCc3ccc(F)cc3)cc3scc(Br)c32)c1. The fourth-order valence-corrected chi connectivity index (χ4v) is 4.94. The normalized spacial score (nSPS) is 11.1. The summed E-state index contributed by atoms with van der Waals surface area (Å²) in [6, 6.07) is 16.4. The van der Waals surface area contributed by atoms with E-state index in [2.05, 4.69) is 46.4 Å². The number of thiophene rings is 1. The van der Waals surface area contributed by atoms with Crippen LogP contribution in [-0.4, -0.2) is 10.5 Å². The molecular weight excluding hydrogens is 439 g/mol. The molecule has 1 amide bonds. The zero-order valence-electron chi connectivity index (χ0n) is 15.2. The van der Waals surface area contributed by atoms with Crippen LogP contribution in [0.25, 0.3) is 10.2 Å². The molecule has 3 nitrogen and oxygen atoms in total. The zero-order chi connectivity index (χ0) is 19.7. The Morgan fingerprint density at radius 3 is 2.68 bits per heavy atom. The van der Waals surface area contributed by atoms with Crippen molar-refractivity contribution < 1.29 is 9.18 Å². The van der Waals surface area contributed by atoms with Gasteiger partial charge in [0.15, 0.2) is 0 Å². The van der Waals surface area contributed by atoms with Gasteiger partial charge in [-0.1, -0.05) is 42.0 Å². The van der Waals surface area contributed by atoms with Crippen LogP contribution in [0.1, 0.15) is 27.2 Å². The molecule has 2 aromatic heterocycles. The smallest absolute Gasteiger partial charge is 0.268 e. The molecule has 4 rings (SSSR count). The Hall–Kier alpha value is -2.44. The van der Waals surface area contributed by atoms with Crippen LogP contribution in [-0.2, 0) is 13.1 Å². The van der Waals surface area contributed by atoms with E-state index in [0.717, 1.165) is 25.8 Å². The lowest BCUT2D eigenvalue weighted by Crippen LogP contribution is -2.25. The quantitative estimate of drug-likeness (QED) is 0.398. The van der Waals surface area contributed by atoms with E-state index in [1.54, 1.807) is 23.5 Å². The van der Waals surface area contributed by atoms with E-state index >= 15 is 0 Å². The summed E-state index contributed by atoms with van der Waals surface area (Å²) < 4.78 is 17.2. The Balaban J connectivity index is 1.64. The lowest BCUT2D eigenvalue weighted by atomic mass is 10.1. The van der Waals surface area contributed by atoms with Gasteiger partial charge in [0.2, 0.25) is 0 Å². The average molecular weight is 457 g/mol. The summed E-state index contributed by atoms with van der Waals surface area (Å²) in [5.74, 6) is -0.431. The lowest BCUT2D eigenvalue weighted by molar-refractivity contribution is 0.0942. The summed E-state index contributed by atoms with van der Waals surface area (Å²) >= 11 is 5.22. The Morgan fingerprint density at radius 1 is 1.14 bits per heavy atom. The molecule has 0 aliphatic carbocycles. The number of benzene rings is 2. The minimum Gasteiger partial charge on any atom is -0.347 e. The minimum absolute atomic E-state index is 0.146. The molecule has 0 atom stereocenters. The first-order valence-electron chi connectivity index (χ1n) is 8.85. The van der Waals surface area contributed by atoms with E-state index in [4.69, 9.17) is 0 Å². The van der Waals surface area contributed by atoms with Crippen molar-refractivity contribution in [3.8, 4) is 0 Å². The molecule has 0 unspecified atom stereocenters. The average Bonchev–Trinajstić information content (AvgIpc) is 3.21. The van der Waals surface area contributed by atoms with Crippen LogP contribution in [0, 0.1) is 12.7 Å². The Kier molecular flexibility index (Phi) is 5.33. The maximum absolute atomic E-state index is 13.1. The predicted molar refractivity (Wildman–Crippen MR) is 115 cm³/mol. The van der Waals surface area contributed by atoms with Crippen LogP contribution >= 0.6 is 27.3 Å². The number of hydrogen-bond acceptors (Lipinski definition) is 2. The molecule has 28 heavy (non-hydrogen) atoms. The molecular formula is C22H18BrFN2OS. The van der Waals surface area contributed by atoms with E-state index in [1.165, 1.54) is 17.7 Å². The molecule has 0 aliphatic heterocycles. The van der Waals surface area contributed by atoms with E-state index in [-0.39, 0.29) is 11.7 Å². The molecule has 6 heteroatoms. The van der Waals surface area contributed by atoms with Crippen molar-refractivity contribution in [2.24, 2.45) is 0 Å². The number of carbonyl (C=O) groups is 1. The number of fused-ring (bicyclic) bond motifs is 1. The van der Waals surface area contributed by atoms with Crippen molar-refractivity contribution in [1.29, 1.82) is 0 Å². The molecule has 4 aromatic rings. The predicted octanol–water partition coefficient (Wildman–Crippen LogP) is 5.89. The number of rotatable bonds is 5. The number of nitrogens with zero attached hydrogens (tertiary/aromatic N) is 1. The molecule has 0 aliphatic rings. The molecule has 0 fully saturated rings. The summed E-state index contributed by atoms with van der Waals surface area (Å²) in [6.07, 6.45) is 0. The summed E-state index contributed by atoms with van der Waals surface area (Å²) in [4.78, 5) is 12.9. The van der Waals surface area contributed by atoms with Crippen LogP contribution in [0.3, 0.4) is 0 Å². The van der Waals surface area contributed by atoms with Gasteiger partial charge in [0, 0.05) is 18.5 Å². The summed E-state index contributed by atoms with van der Waals surface area (Å²) in [5.41, 5.74) is 4.83. The summed E-state index contributed by atoms with van der Waals surface area (Å²) in [6.45, 7) is 3.02. The van der Waals surface area contributed by atoms with Gasteiger partial charge in [0.05, 0.1) is 14.7 Å². The Labute approximate surface area is 174 Å². The van der Waals surface area contributed by atoms with E-state index in [0.29, 0.717) is 18.8 Å². The standard InChI is InChI=1S/C22H18BrFN2OS/c1-14-3-2-4-16(9-14)12-26-19(10-20-21(26)18(23)13-28-20)22(27)25-11-15-5-7-17(24)8-6-15/h2-10,13H,11-12H2,1H3,(H,25,27). The fraction of sp³-hybridized carbons (Fsp3) is 0.136. The van der Waals surface area contributed by atoms with Crippen LogP contribution in [0.15, 0.2) is 64.5 Å². The molecule has 1 N–H and O–H groups in total. The van der Waals surface area contributed by atoms with Gasteiger partial charge in [-0.2, -0.15) is 0 Å². The minimum atomic E-state index is -0.285. The number of halogens is 2. The summed E-state index contributed by atoms with van der Waals surface area (Å²) in [7, 11) is 0. The molecule has 2 aromatic carbocycles. The molecule has 0 saturated heterocycles. The first-order valence-corrected chi connectivity index (χ1v) is 10.5. The number of aromatic nitrogens is 1. The highest BCUT2D eigenvalue weighted by Gasteiger charge is 2.19. The van der Waals surface area contributed by atoms with Crippen molar-refractivity contribution in [2.45, 2.75) is 20.0 Å². The molecule has 142 valence electrons. The Morgan fingerprint density at radius 2 is 1.93 bits per heavy atom. The van der Waals surface area contributed by atoms with Gasteiger partial charge in [0.1, 0.15) is 11.5 Å². The van der Waals surface area contributed by atoms with Gasteiger partial charge < -0.3 is 9.88 Å². The maximum atomic E-state index is 13.1. The van der Waals surface area contributed by atoms with Crippen molar-refractivity contribution in [1.82, 2.24) is 9.88 Å². The van der Waals surface area contributed by atoms with E-state index in [9.17, 15) is 9.18 Å². The lowest BCUT2D eigenvalue weighted by Gasteiger charge is -2.12. The van der Waals surface area contributed by atoms with Crippen molar-refractivity contribution >= 4 is 43.4 Å². The van der Waals surface area contributed by atoms with Gasteiger partial charge in [0.25, 0.3) is 5.91 Å². The van der Waals surface area contributed by atoms with Crippen LogP contribution in [0.5, 0.6) is 0 Å². The van der Waals surface area contributed by atoms with Gasteiger partial charge in [-0.05, 0) is 52.2 Å². The van der Waals surface area contributed by atoms with E-state index in [1.807, 2.05) is 22.1 Å². The molecule has 0 saturated carbocycles. The van der Waals surface area contributed by atoms with Crippen LogP contribution in [0.4, 0.5) is 4.39 Å². The number of nitrogens with one attached hydrogen (secondary N) is 1. The topological polar surface area (TPSA) is 34.0 Å². The first-order chi connectivity index (χ1) is 13.5. The molecule has 0 radical (unpaired) electrons. The van der Waals surface area contributed by atoms with Gasteiger partial charge in [-0.25, -0.2) is 4.39 Å². The van der Waals surface area contributed by atoms with Crippen molar-refractivity contribution in [2.75, 3.05) is 0 Å². The second-order valence-corrected chi connectivity index (χ2v) is 8.48. The number of amides is 1. The highest BCUT2D eigenvalue weighted by Crippen LogP contribution is 2.34. The number of aryl methyl sites for hydroxylation is 1. The number of hydrogen-bond donors (Lipinski definition) is 1. The Bertz CT molecular complexity index is 1150. The van der Waals surface area contributed by atoms with Crippen molar-refractivity contribution in [3.63, 3.8) is 0 Å². The third-order valence-electron chi connectivity index (χ3n) is 4.60. The van der Waals surface area contributed by atoms with Crippen LogP contribution in [0.2, 0.25) is 0 Å². The van der Waals surface area contributed by atoms with Gasteiger partial charge in [-0.15, -0.1) is 11.3 Å². The first kappa shape index (κ1) is 18.9. The zero-order valence-corrected chi connectivity index (χ0v) is 17.6. The van der Waals surface area contributed by atoms with Crippen molar-refractivity contribution in [3.05, 3.63) is 92.7 Å². The highest BCUT2D eigenvalue weighted by atomic mass is 79.9. The fourth-order valence-electron chi connectivity index (χ4n) is 3.25. The van der Waals surface area contributed by atoms with E-state index < -0.39 is 0 Å². The second kappa shape index (κ2) is 7.89. The molecule has 0 spiro atoms. The van der Waals surface area contributed by atoms with Gasteiger partial charge >= 0.3 is 0 Å². The molecule has 2 heterocycles. The second-order valence-electron chi connectivity index (χ2n) is 6.71. The summed E-state index contributed by atoms with van der Waals surface area (Å²) in [5, 5.41) is 4.99. The number of carbonyl (C=O) groups excluding carboxylic acids is 1. The third-order valence-corrected chi connectivity index (χ3v) is 6.43. The maximum Gasteiger partial charge on any atom is 0.268 e. The largest absolute Gasteiger partial charge is 0.347 e. The highest BCUT2D eigenvalue weighted by molar-refractivity contribution is 9.10. The van der Waals surface area contributed by atoms with Crippen LogP contribution < -0.4 is 5.32 Å². The van der Waals surface area contributed by atoms with Gasteiger partial charge in [-0.3, -0.25) is 4.79 Å². The molecule has 0 bridgehead atoms. The monoisotopic (exact) mass is 456 g/mol. The third kappa shape index (κ3) is 3.88.